The first-order valence-electron chi connectivity index (χ1n) is 45.2. The van der Waals surface area contributed by atoms with Crippen molar-refractivity contribution >= 4 is 80.9 Å². The standard InChI is InChI=1S/C21H20F2O5S.2C19H16F2O5S.3C18H15S/c22-21(23,29(25,26)27)10-5-11-28-20(24)18-12-17-13-6-1-3-8-15(13)19(18)16-9-4-2-7-14(16)17;20-19(21,27(23,24)25)18(22)26-10-11-9-16-12-5-1-3-7-14(12)17(11)15-8-4-2-6-13(15)16;20-19(21,27(23,24)25)10-26-18(22)16-9-15-11-5-1-3-7-13(11)17(16)14-8-4-2-6-12(14)15;3*1-4-10-16(11-5-1)19(17-12-6-2-7-13-17)18-14-8-3-9-15-18/h1-4,6-9,17-19H,5,10-12H2,(H,25,26,27);1-8,11,16-17H,9-10H2,(H,23,24,25);1-8,15-17H,9-10H2,(H,23,24,25);3*1-15H/q;;;3*+1/p-3. The Labute approximate surface area is 819 Å². The van der Waals surface area contributed by atoms with Crippen LogP contribution in [0.1, 0.15) is 134 Å². The molecule has 0 radical (unpaired) electrons. The molecule has 3 atom stereocenters. The quantitative estimate of drug-likeness (QED) is 0.0144. The Bertz CT molecular complexity index is 6440. The Hall–Kier alpha value is -12.9. The van der Waals surface area contributed by atoms with Crippen LogP contribution in [-0.2, 0) is 91.6 Å². The van der Waals surface area contributed by atoms with Gasteiger partial charge in [0.05, 0.1) is 57.7 Å². The lowest BCUT2D eigenvalue weighted by Crippen LogP contribution is -2.41. The van der Waals surface area contributed by atoms with E-state index in [2.05, 4.69) is 295 Å². The second-order valence-electron chi connectivity index (χ2n) is 33.9. The molecule has 24 rings (SSSR count). The molecule has 0 saturated carbocycles. The van der Waals surface area contributed by atoms with E-state index in [9.17, 15) is 79.6 Å². The molecule has 0 amide bonds. The van der Waals surface area contributed by atoms with Crippen molar-refractivity contribution in [3.05, 3.63) is 485 Å². The fourth-order valence-electron chi connectivity index (χ4n) is 19.3. The Kier molecular flexibility index (Phi) is 31.6. The first-order valence-corrected chi connectivity index (χ1v) is 53.1. The zero-order chi connectivity index (χ0) is 98.4. The van der Waals surface area contributed by atoms with Crippen molar-refractivity contribution in [1.82, 2.24) is 0 Å². The lowest BCUT2D eigenvalue weighted by molar-refractivity contribution is -0.163. The molecule has 15 nitrogen and oxygen atoms in total. The summed E-state index contributed by atoms with van der Waals surface area (Å²) in [5, 5.41) is -14.1. The monoisotopic (exact) mass is 2000 g/mol. The molecule has 15 aromatic rings. The van der Waals surface area contributed by atoms with Gasteiger partial charge in [0.15, 0.2) is 81.0 Å². The molecule has 0 aromatic heterocycles. The number of ether oxygens (including phenoxy) is 3. The third kappa shape index (κ3) is 22.4. The third-order valence-corrected chi connectivity index (χ3v) is 34.7. The highest BCUT2D eigenvalue weighted by atomic mass is 32.2. The molecule has 9 aliphatic carbocycles. The molecule has 0 saturated heterocycles. The van der Waals surface area contributed by atoms with Crippen molar-refractivity contribution in [3.63, 3.8) is 0 Å². The molecule has 0 aliphatic heterocycles. The normalized spacial score (nSPS) is 18.0. The van der Waals surface area contributed by atoms with E-state index >= 15 is 0 Å². The number of hydrogen-bond donors (Lipinski definition) is 0. The van der Waals surface area contributed by atoms with Gasteiger partial charge in [-0.2, -0.15) is 26.3 Å². The number of fused-ring (bicyclic) bond motifs is 3. The molecule has 0 heterocycles. The maximum absolute atomic E-state index is 13.4. The van der Waals surface area contributed by atoms with Gasteiger partial charge in [-0.15, -0.1) is 0 Å². The lowest BCUT2D eigenvalue weighted by Gasteiger charge is -2.45. The van der Waals surface area contributed by atoms with Crippen LogP contribution in [0.5, 0.6) is 0 Å². The van der Waals surface area contributed by atoms with Crippen molar-refractivity contribution < 1.29 is 93.8 Å². The van der Waals surface area contributed by atoms with Crippen LogP contribution in [0.4, 0.5) is 26.3 Å². The minimum Gasteiger partial charge on any atom is -0.743 e. The number of benzene rings is 15. The van der Waals surface area contributed by atoms with Crippen molar-refractivity contribution in [2.24, 2.45) is 17.8 Å². The molecule has 140 heavy (non-hydrogen) atoms. The highest BCUT2D eigenvalue weighted by Crippen LogP contribution is 2.59. The fourth-order valence-corrected chi connectivity index (χ4v) is 26.5. The summed E-state index contributed by atoms with van der Waals surface area (Å²) in [5.74, 6) is -5.77. The Morgan fingerprint density at radius 2 is 0.486 bits per heavy atom. The number of alkyl halides is 6. The summed E-state index contributed by atoms with van der Waals surface area (Å²) in [6.45, 7) is -2.51. The summed E-state index contributed by atoms with van der Waals surface area (Å²) in [6.07, 6.45) is -0.0415. The summed E-state index contributed by atoms with van der Waals surface area (Å²) in [7, 11) is -17.8. The molecule has 0 fully saturated rings. The lowest BCUT2D eigenvalue weighted by atomic mass is 9.59. The SMILES string of the molecule is O=C(OCC(F)(F)S(=O)(=O)[O-])C1CC2c3ccccc3C1c1ccccc12.O=C(OCC1CC2c3ccccc3C1c1ccccc12)C(F)(F)S(=O)(=O)[O-].O=C(OCCCC(F)(F)S(=O)(=O)[O-])C1CC2c3ccccc3C1c1ccccc12.c1ccc([S+](c2ccccc2)c2ccccc2)cc1.c1ccc([S+](c2ccccc2)c2ccccc2)cc1.c1ccc([S+](c2ccccc2)c2ccccc2)cc1. The van der Waals surface area contributed by atoms with E-state index in [1.807, 2.05) is 133 Å². The van der Waals surface area contributed by atoms with Gasteiger partial charge in [0.25, 0.3) is 0 Å². The third-order valence-electron chi connectivity index (χ3n) is 25.4. The number of carbonyl (C=O) groups excluding carboxylic acids is 3. The van der Waals surface area contributed by atoms with Gasteiger partial charge in [-0.25, -0.2) is 30.0 Å². The summed E-state index contributed by atoms with van der Waals surface area (Å²) in [5.41, 5.74) is 13.1. The minimum atomic E-state index is -6.12. The van der Waals surface area contributed by atoms with Gasteiger partial charge >= 0.3 is 33.7 Å². The van der Waals surface area contributed by atoms with Crippen LogP contribution in [0.15, 0.2) is 463 Å². The van der Waals surface area contributed by atoms with Crippen LogP contribution >= 0.6 is 0 Å². The van der Waals surface area contributed by atoms with Gasteiger partial charge in [-0.05, 0) is 202 Å². The van der Waals surface area contributed by atoms with Crippen molar-refractivity contribution in [2.75, 3.05) is 19.8 Å². The van der Waals surface area contributed by atoms with Crippen LogP contribution in [0, 0.1) is 17.8 Å². The van der Waals surface area contributed by atoms with Gasteiger partial charge in [0.1, 0.15) is 0 Å². The maximum Gasteiger partial charge on any atom is 0.428 e. The van der Waals surface area contributed by atoms with Crippen molar-refractivity contribution in [1.29, 1.82) is 0 Å². The first kappa shape index (κ1) is 100. The number of hydrogen-bond acceptors (Lipinski definition) is 15. The minimum absolute atomic E-state index is 0.0146. The molecule has 15 aromatic carbocycles. The van der Waals surface area contributed by atoms with Crippen LogP contribution in [0.25, 0.3) is 0 Å². The summed E-state index contributed by atoms with van der Waals surface area (Å²) in [6, 6.07) is 143. The molecular weight excluding hydrogens is 1900 g/mol. The number of rotatable bonds is 23. The largest absolute Gasteiger partial charge is 0.743 e. The Morgan fingerprint density at radius 1 is 0.271 bits per heavy atom. The predicted molar refractivity (Wildman–Crippen MR) is 525 cm³/mol. The van der Waals surface area contributed by atoms with E-state index in [-0.39, 0.29) is 87.3 Å². The zero-order valence-electron chi connectivity index (χ0n) is 75.0. The Balaban J connectivity index is 0.000000122. The van der Waals surface area contributed by atoms with E-state index in [1.165, 1.54) is 55.2 Å². The summed E-state index contributed by atoms with van der Waals surface area (Å²) in [4.78, 5) is 49.0. The molecule has 0 spiro atoms. The van der Waals surface area contributed by atoms with Crippen LogP contribution in [0.2, 0.25) is 0 Å². The zero-order valence-corrected chi connectivity index (χ0v) is 79.9. The fraction of sp³-hybridized carbons (Fsp3) is 0.177. The van der Waals surface area contributed by atoms with E-state index < -0.39 is 95.3 Å². The van der Waals surface area contributed by atoms with E-state index in [1.54, 1.807) is 0 Å². The summed E-state index contributed by atoms with van der Waals surface area (Å²) < 4.78 is 189. The highest BCUT2D eigenvalue weighted by molar-refractivity contribution is 7.97. The van der Waals surface area contributed by atoms with Gasteiger partial charge in [-0.3, -0.25) is 9.59 Å². The molecule has 6 bridgehead atoms. The molecular formula is C113H94F6O15S6. The number of carbonyl (C=O) groups is 3. The second-order valence-corrected chi connectivity index (χ2v) is 44.4. The summed E-state index contributed by atoms with van der Waals surface area (Å²) >= 11 is 0. The van der Waals surface area contributed by atoms with Gasteiger partial charge in [0, 0.05) is 47.8 Å². The van der Waals surface area contributed by atoms with Crippen LogP contribution < -0.4 is 0 Å². The number of esters is 3. The van der Waals surface area contributed by atoms with Crippen molar-refractivity contribution in [2.45, 2.75) is 127 Å². The predicted octanol–water partition coefficient (Wildman–Crippen LogP) is 24.0. The Morgan fingerprint density at radius 3 is 0.721 bits per heavy atom. The van der Waals surface area contributed by atoms with Gasteiger partial charge < -0.3 is 27.9 Å². The highest BCUT2D eigenvalue weighted by Gasteiger charge is 2.53. The first-order chi connectivity index (χ1) is 67.5. The van der Waals surface area contributed by atoms with E-state index in [0.29, 0.717) is 19.3 Å². The topological polar surface area (TPSA) is 250 Å². The molecule has 9 aliphatic rings. The second kappa shape index (κ2) is 44.3. The molecule has 714 valence electrons. The van der Waals surface area contributed by atoms with E-state index in [4.69, 9.17) is 4.74 Å². The van der Waals surface area contributed by atoms with E-state index in [0.717, 1.165) is 55.6 Å². The smallest absolute Gasteiger partial charge is 0.428 e. The van der Waals surface area contributed by atoms with Crippen molar-refractivity contribution in [3.8, 4) is 0 Å². The van der Waals surface area contributed by atoms with Gasteiger partial charge in [-0.1, -0.05) is 309 Å². The molecule has 0 N–H and O–H groups in total. The number of halogens is 6. The average molecular weight is 2000 g/mol. The van der Waals surface area contributed by atoms with Crippen LogP contribution in [0.3, 0.4) is 0 Å². The molecule has 3 unspecified atom stereocenters. The average Bonchev–Trinajstić information content (AvgIpc) is 0.731. The molecule has 27 heteroatoms. The van der Waals surface area contributed by atoms with Crippen LogP contribution in [-0.4, -0.2) is 92.4 Å². The van der Waals surface area contributed by atoms with Gasteiger partial charge in [0.2, 0.25) is 0 Å². The maximum atomic E-state index is 13.4.